The van der Waals surface area contributed by atoms with Gasteiger partial charge in [-0.25, -0.2) is 13.4 Å². The molecule has 3 aromatic rings. The number of fused-ring (bicyclic) bond motifs is 1. The first-order chi connectivity index (χ1) is 11.7. The third-order valence-electron chi connectivity index (χ3n) is 4.14. The predicted molar refractivity (Wildman–Crippen MR) is 104 cm³/mol. The molecule has 0 aliphatic carbocycles. The van der Waals surface area contributed by atoms with Gasteiger partial charge in [0.25, 0.3) is 0 Å². The molecular weight excluding hydrogens is 378 g/mol. The molecule has 0 bridgehead atoms. The fourth-order valence-corrected chi connectivity index (χ4v) is 5.70. The summed E-state index contributed by atoms with van der Waals surface area (Å²) >= 11 is 1.31. The van der Waals surface area contributed by atoms with Crippen molar-refractivity contribution < 1.29 is 8.42 Å². The van der Waals surface area contributed by atoms with Crippen molar-refractivity contribution in [2.75, 3.05) is 31.1 Å². The van der Waals surface area contributed by atoms with Gasteiger partial charge in [-0.15, -0.1) is 23.7 Å². The van der Waals surface area contributed by atoms with Gasteiger partial charge in [0, 0.05) is 42.5 Å². The van der Waals surface area contributed by atoms with Crippen molar-refractivity contribution in [3.05, 3.63) is 48.7 Å². The van der Waals surface area contributed by atoms with Crippen LogP contribution >= 0.6 is 23.7 Å². The number of aromatic nitrogens is 1. The van der Waals surface area contributed by atoms with Crippen LogP contribution in [-0.2, 0) is 9.84 Å². The van der Waals surface area contributed by atoms with Crippen LogP contribution in [0.5, 0.6) is 0 Å². The van der Waals surface area contributed by atoms with Crippen molar-refractivity contribution in [2.45, 2.75) is 9.10 Å². The topological polar surface area (TPSA) is 62.3 Å². The van der Waals surface area contributed by atoms with E-state index in [1.807, 2.05) is 12.1 Å². The summed E-state index contributed by atoms with van der Waals surface area (Å²) < 4.78 is 27.0. The Morgan fingerprint density at radius 1 is 1.08 bits per heavy atom. The number of piperazine rings is 1. The molecule has 4 rings (SSSR count). The summed E-state index contributed by atoms with van der Waals surface area (Å²) in [5.41, 5.74) is 0. The zero-order valence-corrected chi connectivity index (χ0v) is 15.8. The largest absolute Gasteiger partial charge is 0.354 e. The zero-order valence-electron chi connectivity index (χ0n) is 13.4. The maximum Gasteiger partial charge on any atom is 0.215 e. The van der Waals surface area contributed by atoms with Crippen LogP contribution in [0.15, 0.2) is 57.8 Å². The fourth-order valence-electron chi connectivity index (χ4n) is 2.90. The first-order valence-electron chi connectivity index (χ1n) is 7.80. The third kappa shape index (κ3) is 3.37. The standard InChI is InChI=1S/C17H17N3O2S2.ClH/c21-24(22,13-4-2-1-3-5-13)16-12-14-15(23-16)6-7-19-17(14)20-10-8-18-9-11-20;/h1-7,12,18H,8-11H2;1H. The number of thiophene rings is 1. The molecular formula is C17H18ClN3O2S2. The number of anilines is 1. The monoisotopic (exact) mass is 395 g/mol. The summed E-state index contributed by atoms with van der Waals surface area (Å²) in [6.45, 7) is 3.58. The minimum Gasteiger partial charge on any atom is -0.354 e. The van der Waals surface area contributed by atoms with Crippen LogP contribution in [0, 0.1) is 0 Å². The van der Waals surface area contributed by atoms with Crippen LogP contribution in [0.25, 0.3) is 10.1 Å². The van der Waals surface area contributed by atoms with Crippen LogP contribution in [0.3, 0.4) is 0 Å². The number of pyridine rings is 1. The second-order valence-electron chi connectivity index (χ2n) is 5.67. The summed E-state index contributed by atoms with van der Waals surface area (Å²) in [6.07, 6.45) is 1.76. The molecule has 0 spiro atoms. The maximum absolute atomic E-state index is 12.9. The molecule has 3 heterocycles. The predicted octanol–water partition coefficient (Wildman–Crippen LogP) is 2.96. The molecule has 2 aromatic heterocycles. The van der Waals surface area contributed by atoms with Gasteiger partial charge in [-0.3, -0.25) is 0 Å². The quantitative estimate of drug-likeness (QED) is 0.738. The normalized spacial score (nSPS) is 15.1. The van der Waals surface area contributed by atoms with Gasteiger partial charge in [-0.05, 0) is 24.3 Å². The molecule has 8 heteroatoms. The molecule has 1 fully saturated rings. The lowest BCUT2D eigenvalue weighted by atomic mass is 10.2. The van der Waals surface area contributed by atoms with E-state index in [-0.39, 0.29) is 12.4 Å². The van der Waals surface area contributed by atoms with Gasteiger partial charge >= 0.3 is 0 Å². The highest BCUT2D eigenvalue weighted by molar-refractivity contribution is 7.93. The van der Waals surface area contributed by atoms with Gasteiger partial charge in [0.05, 0.1) is 4.90 Å². The number of benzene rings is 1. The number of nitrogens with one attached hydrogen (secondary N) is 1. The minimum absolute atomic E-state index is 0. The molecule has 1 saturated heterocycles. The van der Waals surface area contributed by atoms with Crippen molar-refractivity contribution in [3.8, 4) is 0 Å². The van der Waals surface area contributed by atoms with E-state index in [1.165, 1.54) is 11.3 Å². The average Bonchev–Trinajstić information content (AvgIpc) is 3.08. The Morgan fingerprint density at radius 2 is 1.80 bits per heavy atom. The molecule has 132 valence electrons. The van der Waals surface area contributed by atoms with Crippen LogP contribution < -0.4 is 10.2 Å². The SMILES string of the molecule is Cl.O=S(=O)(c1ccccc1)c1cc2c(N3CCNCC3)nccc2s1. The second-order valence-corrected chi connectivity index (χ2v) is 8.93. The molecule has 1 aliphatic heterocycles. The number of hydrogen-bond donors (Lipinski definition) is 1. The van der Waals surface area contributed by atoms with Crippen LogP contribution in [0.4, 0.5) is 5.82 Å². The van der Waals surface area contributed by atoms with E-state index in [9.17, 15) is 8.42 Å². The third-order valence-corrected chi connectivity index (χ3v) is 7.48. The van der Waals surface area contributed by atoms with E-state index >= 15 is 0 Å². The molecule has 1 N–H and O–H groups in total. The minimum atomic E-state index is -3.49. The Kier molecular flexibility index (Phi) is 5.29. The molecule has 0 saturated carbocycles. The van der Waals surface area contributed by atoms with Gasteiger partial charge in [-0.1, -0.05) is 18.2 Å². The van der Waals surface area contributed by atoms with Gasteiger partial charge in [0.15, 0.2) is 0 Å². The van der Waals surface area contributed by atoms with Gasteiger partial charge in [-0.2, -0.15) is 0 Å². The van der Waals surface area contributed by atoms with Crippen molar-refractivity contribution in [2.24, 2.45) is 0 Å². The maximum atomic E-state index is 12.9. The Labute approximate surface area is 157 Å². The highest BCUT2D eigenvalue weighted by Gasteiger charge is 2.23. The van der Waals surface area contributed by atoms with Crippen LogP contribution in [0.2, 0.25) is 0 Å². The lowest BCUT2D eigenvalue weighted by Gasteiger charge is -2.28. The highest BCUT2D eigenvalue weighted by Crippen LogP contribution is 2.36. The first-order valence-corrected chi connectivity index (χ1v) is 10.1. The Hall–Kier alpha value is -1.67. The van der Waals surface area contributed by atoms with E-state index in [2.05, 4.69) is 15.2 Å². The summed E-state index contributed by atoms with van der Waals surface area (Å²) in [5, 5.41) is 4.24. The van der Waals surface area contributed by atoms with Gasteiger partial charge < -0.3 is 10.2 Å². The van der Waals surface area contributed by atoms with Gasteiger partial charge in [0.1, 0.15) is 10.0 Å². The van der Waals surface area contributed by atoms with Crippen molar-refractivity contribution in [1.82, 2.24) is 10.3 Å². The molecule has 1 aromatic carbocycles. The number of sulfone groups is 1. The van der Waals surface area contributed by atoms with E-state index in [0.717, 1.165) is 42.1 Å². The van der Waals surface area contributed by atoms with E-state index in [1.54, 1.807) is 36.5 Å². The van der Waals surface area contributed by atoms with Crippen molar-refractivity contribution in [3.63, 3.8) is 0 Å². The molecule has 25 heavy (non-hydrogen) atoms. The van der Waals surface area contributed by atoms with Crippen molar-refractivity contribution >= 4 is 49.5 Å². The molecule has 0 unspecified atom stereocenters. The zero-order chi connectivity index (χ0) is 16.6. The Bertz CT molecular complexity index is 968. The van der Waals surface area contributed by atoms with Crippen LogP contribution in [-0.4, -0.2) is 39.6 Å². The Morgan fingerprint density at radius 3 is 2.52 bits per heavy atom. The molecule has 0 atom stereocenters. The number of halogens is 1. The molecule has 1 aliphatic rings. The molecule has 0 radical (unpaired) electrons. The van der Waals surface area contributed by atoms with Crippen molar-refractivity contribution in [1.29, 1.82) is 0 Å². The first kappa shape index (κ1) is 18.1. The fraction of sp³-hybridized carbons (Fsp3) is 0.235. The highest BCUT2D eigenvalue weighted by atomic mass is 35.5. The second kappa shape index (κ2) is 7.29. The lowest BCUT2D eigenvalue weighted by Crippen LogP contribution is -2.43. The van der Waals surface area contributed by atoms with E-state index < -0.39 is 9.84 Å². The number of hydrogen-bond acceptors (Lipinski definition) is 6. The van der Waals surface area contributed by atoms with E-state index in [4.69, 9.17) is 0 Å². The van der Waals surface area contributed by atoms with Gasteiger partial charge in [0.2, 0.25) is 9.84 Å². The smallest absolute Gasteiger partial charge is 0.215 e. The summed E-state index contributed by atoms with van der Waals surface area (Å²) in [5.74, 6) is 0.875. The average molecular weight is 396 g/mol. The summed E-state index contributed by atoms with van der Waals surface area (Å²) in [7, 11) is -3.49. The summed E-state index contributed by atoms with van der Waals surface area (Å²) in [4.78, 5) is 7.05. The number of nitrogens with zero attached hydrogens (tertiary/aromatic N) is 2. The Balaban J connectivity index is 0.00000182. The number of rotatable bonds is 3. The van der Waals surface area contributed by atoms with Crippen LogP contribution in [0.1, 0.15) is 0 Å². The summed E-state index contributed by atoms with van der Waals surface area (Å²) in [6, 6.07) is 12.2. The lowest BCUT2D eigenvalue weighted by molar-refractivity contribution is 0.586. The molecule has 5 nitrogen and oxygen atoms in total. The molecule has 0 amide bonds. The van der Waals surface area contributed by atoms with E-state index in [0.29, 0.717) is 9.10 Å².